The summed E-state index contributed by atoms with van der Waals surface area (Å²) in [6, 6.07) is 18.7. The summed E-state index contributed by atoms with van der Waals surface area (Å²) in [7, 11) is 0. The van der Waals surface area contributed by atoms with Crippen LogP contribution in [0.1, 0.15) is 26.3 Å². The van der Waals surface area contributed by atoms with Crippen molar-refractivity contribution >= 4 is 63.7 Å². The van der Waals surface area contributed by atoms with Gasteiger partial charge in [-0.1, -0.05) is 47.5 Å². The van der Waals surface area contributed by atoms with E-state index in [9.17, 15) is 9.59 Å². The lowest BCUT2D eigenvalue weighted by Gasteiger charge is -2.15. The fourth-order valence-corrected chi connectivity index (χ4v) is 3.27. The minimum atomic E-state index is -0.417. The average molecular weight is 473 g/mol. The van der Waals surface area contributed by atoms with Crippen molar-refractivity contribution in [3.8, 4) is 0 Å². The number of hydrogen-bond acceptors (Lipinski definition) is 3. The van der Waals surface area contributed by atoms with Crippen molar-refractivity contribution in [2.75, 3.05) is 10.6 Å². The van der Waals surface area contributed by atoms with E-state index in [4.69, 9.17) is 35.4 Å². The van der Waals surface area contributed by atoms with Gasteiger partial charge in [-0.25, -0.2) is 0 Å². The number of hydrazine groups is 1. The maximum atomic E-state index is 12.6. The first-order valence-electron chi connectivity index (χ1n) is 9.13. The summed E-state index contributed by atoms with van der Waals surface area (Å²) in [4.78, 5) is 25.1. The van der Waals surface area contributed by atoms with E-state index in [0.717, 1.165) is 0 Å². The molecule has 0 atom stereocenters. The third-order valence-corrected chi connectivity index (χ3v) is 5.09. The van der Waals surface area contributed by atoms with Gasteiger partial charge in [-0.3, -0.25) is 20.4 Å². The molecule has 0 radical (unpaired) electrons. The quantitative estimate of drug-likeness (QED) is 0.310. The van der Waals surface area contributed by atoms with Crippen LogP contribution < -0.4 is 21.5 Å². The molecular weight excluding hydrogens is 455 g/mol. The standard InChI is InChI=1S/C22H18Cl2N4O2S/c1-13-16(21(30)27-28-22(31)26-19-10-3-2-9-17(19)24)8-5-11-18(13)25-20(29)14-6-4-7-15(23)12-14/h2-12H,1H3,(H,25,29)(H,27,30)(H2,26,28,31). The van der Waals surface area contributed by atoms with Crippen molar-refractivity contribution in [3.05, 3.63) is 93.5 Å². The summed E-state index contributed by atoms with van der Waals surface area (Å²) < 4.78 is 0. The normalized spacial score (nSPS) is 10.2. The van der Waals surface area contributed by atoms with E-state index in [2.05, 4.69) is 21.5 Å². The molecule has 3 aromatic rings. The van der Waals surface area contributed by atoms with Crippen LogP contribution in [0.15, 0.2) is 66.7 Å². The Labute approximate surface area is 194 Å². The van der Waals surface area contributed by atoms with Gasteiger partial charge in [0, 0.05) is 21.8 Å². The Morgan fingerprint density at radius 2 is 1.52 bits per heavy atom. The largest absolute Gasteiger partial charge is 0.330 e. The molecule has 0 saturated carbocycles. The Balaban J connectivity index is 1.65. The van der Waals surface area contributed by atoms with E-state index in [0.29, 0.717) is 38.1 Å². The number of halogens is 2. The second-order valence-corrected chi connectivity index (χ2v) is 7.71. The molecule has 31 heavy (non-hydrogen) atoms. The molecular formula is C22H18Cl2N4O2S. The van der Waals surface area contributed by atoms with Gasteiger partial charge >= 0.3 is 0 Å². The van der Waals surface area contributed by atoms with Gasteiger partial charge in [-0.15, -0.1) is 0 Å². The highest BCUT2D eigenvalue weighted by Gasteiger charge is 2.14. The topological polar surface area (TPSA) is 82.3 Å². The van der Waals surface area contributed by atoms with Crippen LogP contribution in [0.3, 0.4) is 0 Å². The molecule has 0 unspecified atom stereocenters. The van der Waals surface area contributed by atoms with Crippen LogP contribution in [0.25, 0.3) is 0 Å². The second-order valence-electron chi connectivity index (χ2n) is 6.46. The first kappa shape index (κ1) is 22.6. The number of amides is 2. The molecule has 2 amide bonds. The van der Waals surface area contributed by atoms with Crippen molar-refractivity contribution in [2.45, 2.75) is 6.92 Å². The van der Waals surface area contributed by atoms with E-state index in [1.165, 1.54) is 0 Å². The van der Waals surface area contributed by atoms with Crippen molar-refractivity contribution in [2.24, 2.45) is 0 Å². The zero-order valence-corrected chi connectivity index (χ0v) is 18.7. The van der Waals surface area contributed by atoms with Crippen molar-refractivity contribution < 1.29 is 9.59 Å². The van der Waals surface area contributed by atoms with Crippen molar-refractivity contribution in [3.63, 3.8) is 0 Å². The molecule has 3 rings (SSSR count). The van der Waals surface area contributed by atoms with Crippen LogP contribution in [0.5, 0.6) is 0 Å². The number of thiocarbonyl (C=S) groups is 1. The smallest absolute Gasteiger partial charge is 0.270 e. The summed E-state index contributed by atoms with van der Waals surface area (Å²) >= 11 is 17.2. The number of hydrogen-bond donors (Lipinski definition) is 4. The number of carbonyl (C=O) groups excluding carboxylic acids is 2. The first-order valence-corrected chi connectivity index (χ1v) is 10.3. The zero-order valence-electron chi connectivity index (χ0n) is 16.3. The van der Waals surface area contributed by atoms with Crippen LogP contribution in [0.4, 0.5) is 11.4 Å². The van der Waals surface area contributed by atoms with Crippen molar-refractivity contribution in [1.82, 2.24) is 10.9 Å². The van der Waals surface area contributed by atoms with Gasteiger partial charge in [0.25, 0.3) is 11.8 Å². The third-order valence-electron chi connectivity index (χ3n) is 4.33. The monoisotopic (exact) mass is 472 g/mol. The molecule has 4 N–H and O–H groups in total. The number of carbonyl (C=O) groups is 2. The maximum Gasteiger partial charge on any atom is 0.270 e. The fraction of sp³-hybridized carbons (Fsp3) is 0.0455. The molecule has 0 fully saturated rings. The van der Waals surface area contributed by atoms with Gasteiger partial charge < -0.3 is 10.6 Å². The lowest BCUT2D eigenvalue weighted by Crippen LogP contribution is -2.44. The minimum absolute atomic E-state index is 0.171. The predicted molar refractivity (Wildman–Crippen MR) is 129 cm³/mol. The summed E-state index contributed by atoms with van der Waals surface area (Å²) in [5.74, 6) is -0.744. The number of nitrogens with one attached hydrogen (secondary N) is 4. The maximum absolute atomic E-state index is 12.6. The first-order chi connectivity index (χ1) is 14.8. The van der Waals surface area contributed by atoms with E-state index in [1.807, 2.05) is 6.07 Å². The fourth-order valence-electron chi connectivity index (χ4n) is 2.74. The lowest BCUT2D eigenvalue weighted by molar-refractivity contribution is 0.0942. The molecule has 6 nitrogen and oxygen atoms in total. The van der Waals surface area contributed by atoms with Gasteiger partial charge in [0.1, 0.15) is 0 Å². The Kier molecular flexibility index (Phi) is 7.46. The summed E-state index contributed by atoms with van der Waals surface area (Å²) in [5.41, 5.74) is 7.67. The molecule has 0 bridgehead atoms. The Hall–Kier alpha value is -3.13. The molecule has 0 aliphatic rings. The molecule has 158 valence electrons. The summed E-state index contributed by atoms with van der Waals surface area (Å²) in [6.07, 6.45) is 0. The molecule has 0 aromatic heterocycles. The summed E-state index contributed by atoms with van der Waals surface area (Å²) in [5, 5.41) is 6.83. The molecule has 0 aliphatic heterocycles. The average Bonchev–Trinajstić information content (AvgIpc) is 2.75. The molecule has 3 aromatic carbocycles. The van der Waals surface area contributed by atoms with Crippen LogP contribution in [-0.4, -0.2) is 16.9 Å². The van der Waals surface area contributed by atoms with Gasteiger partial charge in [0.15, 0.2) is 5.11 Å². The van der Waals surface area contributed by atoms with E-state index < -0.39 is 5.91 Å². The minimum Gasteiger partial charge on any atom is -0.330 e. The Morgan fingerprint density at radius 3 is 2.26 bits per heavy atom. The number of para-hydroxylation sites is 1. The third kappa shape index (κ3) is 5.95. The zero-order chi connectivity index (χ0) is 22.4. The highest BCUT2D eigenvalue weighted by atomic mass is 35.5. The lowest BCUT2D eigenvalue weighted by atomic mass is 10.1. The van der Waals surface area contributed by atoms with E-state index in [1.54, 1.807) is 67.6 Å². The predicted octanol–water partition coefficient (Wildman–Crippen LogP) is 5.19. The molecule has 0 aliphatic carbocycles. The summed E-state index contributed by atoms with van der Waals surface area (Å²) in [6.45, 7) is 1.74. The number of rotatable bonds is 4. The van der Waals surface area contributed by atoms with E-state index >= 15 is 0 Å². The second kappa shape index (κ2) is 10.3. The number of anilines is 2. The Morgan fingerprint density at radius 1 is 0.806 bits per heavy atom. The molecule has 0 saturated heterocycles. The van der Waals surface area contributed by atoms with Crippen LogP contribution in [0, 0.1) is 6.92 Å². The molecule has 0 spiro atoms. The molecule has 0 heterocycles. The highest BCUT2D eigenvalue weighted by molar-refractivity contribution is 7.80. The van der Waals surface area contributed by atoms with Gasteiger partial charge in [-0.2, -0.15) is 0 Å². The van der Waals surface area contributed by atoms with Gasteiger partial charge in [-0.05, 0) is 67.2 Å². The van der Waals surface area contributed by atoms with E-state index in [-0.39, 0.29) is 11.0 Å². The van der Waals surface area contributed by atoms with Crippen LogP contribution >= 0.6 is 35.4 Å². The Bertz CT molecular complexity index is 1150. The van der Waals surface area contributed by atoms with Crippen LogP contribution in [-0.2, 0) is 0 Å². The van der Waals surface area contributed by atoms with Gasteiger partial charge in [0.05, 0.1) is 10.7 Å². The number of benzene rings is 3. The SMILES string of the molecule is Cc1c(NC(=O)c2cccc(Cl)c2)cccc1C(=O)NNC(=S)Nc1ccccc1Cl. The van der Waals surface area contributed by atoms with Gasteiger partial charge in [0.2, 0.25) is 0 Å². The van der Waals surface area contributed by atoms with Crippen LogP contribution in [0.2, 0.25) is 10.0 Å². The highest BCUT2D eigenvalue weighted by Crippen LogP contribution is 2.21. The molecule has 9 heteroatoms. The van der Waals surface area contributed by atoms with Crippen molar-refractivity contribution in [1.29, 1.82) is 0 Å².